The maximum Gasteiger partial charge on any atom is 0.389 e. The number of benzene rings is 1. The molecule has 170 valence electrons. The molecule has 0 bridgehead atoms. The number of aromatic amines is 1. The maximum atomic E-state index is 12.4. The number of imidazole rings is 1. The van der Waals surface area contributed by atoms with Crippen LogP contribution in [-0.4, -0.2) is 37.7 Å². The number of rotatable bonds is 8. The van der Waals surface area contributed by atoms with Gasteiger partial charge in [-0.1, -0.05) is 6.07 Å². The molecule has 3 N–H and O–H groups in total. The molecule has 32 heavy (non-hydrogen) atoms. The number of alkyl halides is 3. The van der Waals surface area contributed by atoms with E-state index in [2.05, 4.69) is 25.7 Å². The van der Waals surface area contributed by atoms with Gasteiger partial charge in [0.2, 0.25) is 5.91 Å². The van der Waals surface area contributed by atoms with Crippen LogP contribution in [0, 0.1) is 5.92 Å². The molecule has 11 heteroatoms. The average Bonchev–Trinajstić information content (AvgIpc) is 3.35. The molecule has 1 aliphatic rings. The molecule has 4 rings (SSSR count). The SMILES string of the molecule is Cn1nccc1C(=O)NCc1nc2ccc(C(NC(=O)CCC(F)(F)F)C3CC3)cc2[nH]1. The number of fused-ring (bicyclic) bond motifs is 1. The van der Waals surface area contributed by atoms with E-state index < -0.39 is 24.9 Å². The van der Waals surface area contributed by atoms with Gasteiger partial charge < -0.3 is 15.6 Å². The van der Waals surface area contributed by atoms with Crippen molar-refractivity contribution in [2.45, 2.75) is 44.4 Å². The number of halogens is 3. The van der Waals surface area contributed by atoms with Crippen LogP contribution in [0.25, 0.3) is 11.0 Å². The number of H-pyrrole nitrogens is 1. The summed E-state index contributed by atoms with van der Waals surface area (Å²) in [5.41, 5.74) is 2.66. The highest BCUT2D eigenvalue weighted by atomic mass is 19.4. The smallest absolute Gasteiger partial charge is 0.349 e. The lowest BCUT2D eigenvalue weighted by Crippen LogP contribution is -2.30. The van der Waals surface area contributed by atoms with E-state index in [1.807, 2.05) is 12.1 Å². The molecule has 1 saturated carbocycles. The van der Waals surface area contributed by atoms with Crippen molar-refractivity contribution in [1.82, 2.24) is 30.4 Å². The van der Waals surface area contributed by atoms with E-state index in [0.29, 0.717) is 17.0 Å². The standard InChI is InChI=1S/C21H23F3N6O2/c1-30-16(7-9-26-30)20(32)25-11-17-27-14-5-4-13(10-15(14)28-17)19(12-2-3-12)29-18(31)6-8-21(22,23)24/h4-5,7,9-10,12,19H,2-3,6,8,11H2,1H3,(H,25,32)(H,27,28)(H,29,31). The number of aromatic nitrogens is 4. The molecular weight excluding hydrogens is 425 g/mol. The zero-order chi connectivity index (χ0) is 22.9. The molecule has 0 spiro atoms. The van der Waals surface area contributed by atoms with Crippen molar-refractivity contribution in [3.63, 3.8) is 0 Å². The summed E-state index contributed by atoms with van der Waals surface area (Å²) in [4.78, 5) is 31.9. The Labute approximate surface area is 181 Å². The van der Waals surface area contributed by atoms with Crippen LogP contribution in [0.15, 0.2) is 30.5 Å². The summed E-state index contributed by atoms with van der Waals surface area (Å²) >= 11 is 0. The summed E-state index contributed by atoms with van der Waals surface area (Å²) < 4.78 is 38.7. The number of nitrogens with one attached hydrogen (secondary N) is 3. The number of hydrogen-bond acceptors (Lipinski definition) is 4. The summed E-state index contributed by atoms with van der Waals surface area (Å²) in [5, 5.41) is 9.50. The maximum absolute atomic E-state index is 12.4. The second-order valence-electron chi connectivity index (χ2n) is 7.98. The van der Waals surface area contributed by atoms with Gasteiger partial charge in [0.25, 0.3) is 5.91 Å². The average molecular weight is 448 g/mol. The first kappa shape index (κ1) is 21.8. The summed E-state index contributed by atoms with van der Waals surface area (Å²) in [6.07, 6.45) is -2.71. The van der Waals surface area contributed by atoms with E-state index in [9.17, 15) is 22.8 Å². The minimum atomic E-state index is -4.36. The Bertz CT molecular complexity index is 1130. The molecule has 0 radical (unpaired) electrons. The lowest BCUT2D eigenvalue weighted by molar-refractivity contribution is -0.144. The van der Waals surface area contributed by atoms with Crippen molar-refractivity contribution < 1.29 is 22.8 Å². The van der Waals surface area contributed by atoms with Crippen LogP contribution in [-0.2, 0) is 18.4 Å². The number of carbonyl (C=O) groups excluding carboxylic acids is 2. The number of carbonyl (C=O) groups is 2. The number of hydrogen-bond donors (Lipinski definition) is 3. The van der Waals surface area contributed by atoms with Crippen LogP contribution < -0.4 is 10.6 Å². The molecule has 1 aromatic carbocycles. The third-order valence-corrected chi connectivity index (χ3v) is 5.43. The summed E-state index contributed by atoms with van der Waals surface area (Å²) in [6, 6.07) is 6.75. The van der Waals surface area contributed by atoms with Crippen LogP contribution in [0.4, 0.5) is 13.2 Å². The van der Waals surface area contributed by atoms with Crippen molar-refractivity contribution in [3.8, 4) is 0 Å². The van der Waals surface area contributed by atoms with E-state index in [4.69, 9.17) is 0 Å². The molecule has 2 heterocycles. The first-order valence-corrected chi connectivity index (χ1v) is 10.3. The van der Waals surface area contributed by atoms with Gasteiger partial charge in [-0.15, -0.1) is 0 Å². The Balaban J connectivity index is 1.43. The third-order valence-electron chi connectivity index (χ3n) is 5.43. The van der Waals surface area contributed by atoms with Crippen molar-refractivity contribution in [1.29, 1.82) is 0 Å². The fourth-order valence-electron chi connectivity index (χ4n) is 3.61. The zero-order valence-electron chi connectivity index (χ0n) is 17.4. The highest BCUT2D eigenvalue weighted by molar-refractivity contribution is 5.92. The Kier molecular flexibility index (Phi) is 5.90. The lowest BCUT2D eigenvalue weighted by Gasteiger charge is -2.19. The minimum absolute atomic E-state index is 0.189. The van der Waals surface area contributed by atoms with Crippen LogP contribution in [0.5, 0.6) is 0 Å². The number of amides is 2. The van der Waals surface area contributed by atoms with Gasteiger partial charge in [0, 0.05) is 19.7 Å². The molecule has 2 amide bonds. The fraction of sp³-hybridized carbons (Fsp3) is 0.429. The van der Waals surface area contributed by atoms with E-state index in [0.717, 1.165) is 23.9 Å². The quantitative estimate of drug-likeness (QED) is 0.492. The van der Waals surface area contributed by atoms with Crippen LogP contribution in [0.2, 0.25) is 0 Å². The largest absolute Gasteiger partial charge is 0.389 e. The van der Waals surface area contributed by atoms with Gasteiger partial charge in [0.1, 0.15) is 11.5 Å². The molecule has 1 fully saturated rings. The van der Waals surface area contributed by atoms with Crippen molar-refractivity contribution in [2.24, 2.45) is 13.0 Å². The van der Waals surface area contributed by atoms with E-state index in [1.54, 1.807) is 19.2 Å². The lowest BCUT2D eigenvalue weighted by atomic mass is 10.0. The molecular formula is C21H23F3N6O2. The molecule has 2 aromatic heterocycles. The molecule has 0 saturated heterocycles. The van der Waals surface area contributed by atoms with Gasteiger partial charge in [0.15, 0.2) is 0 Å². The number of aryl methyl sites for hydroxylation is 1. The molecule has 1 atom stereocenters. The summed E-state index contributed by atoms with van der Waals surface area (Å²) in [6.45, 7) is 0.189. The summed E-state index contributed by atoms with van der Waals surface area (Å²) in [5.74, 6) is -0.114. The second kappa shape index (κ2) is 8.64. The normalized spacial score (nSPS) is 15.0. The number of nitrogens with zero attached hydrogens (tertiary/aromatic N) is 3. The highest BCUT2D eigenvalue weighted by Gasteiger charge is 2.34. The molecule has 8 nitrogen and oxygen atoms in total. The Morgan fingerprint density at radius 3 is 2.72 bits per heavy atom. The molecule has 1 unspecified atom stereocenters. The zero-order valence-corrected chi connectivity index (χ0v) is 17.4. The molecule has 0 aliphatic heterocycles. The predicted molar refractivity (Wildman–Crippen MR) is 109 cm³/mol. The van der Waals surface area contributed by atoms with Gasteiger partial charge in [-0.05, 0) is 42.5 Å². The first-order valence-electron chi connectivity index (χ1n) is 10.3. The van der Waals surface area contributed by atoms with Gasteiger partial charge in [-0.3, -0.25) is 14.3 Å². The first-order chi connectivity index (χ1) is 15.2. The Morgan fingerprint density at radius 1 is 1.28 bits per heavy atom. The summed E-state index contributed by atoms with van der Waals surface area (Å²) in [7, 11) is 1.68. The van der Waals surface area contributed by atoms with E-state index in [-0.39, 0.29) is 24.4 Å². The van der Waals surface area contributed by atoms with Gasteiger partial charge in [-0.25, -0.2) is 4.98 Å². The Morgan fingerprint density at radius 2 is 2.06 bits per heavy atom. The molecule has 1 aliphatic carbocycles. The van der Waals surface area contributed by atoms with Crippen LogP contribution in [0.1, 0.15) is 53.6 Å². The van der Waals surface area contributed by atoms with Crippen LogP contribution in [0.3, 0.4) is 0 Å². The topological polar surface area (TPSA) is 105 Å². The van der Waals surface area contributed by atoms with Crippen LogP contribution >= 0.6 is 0 Å². The van der Waals surface area contributed by atoms with Crippen molar-refractivity contribution >= 4 is 22.8 Å². The van der Waals surface area contributed by atoms with Crippen molar-refractivity contribution in [3.05, 3.63) is 47.5 Å². The van der Waals surface area contributed by atoms with Gasteiger partial charge in [-0.2, -0.15) is 18.3 Å². The monoisotopic (exact) mass is 448 g/mol. The predicted octanol–water partition coefficient (Wildman–Crippen LogP) is 3.14. The third kappa shape index (κ3) is 5.27. The van der Waals surface area contributed by atoms with Gasteiger partial charge >= 0.3 is 6.18 Å². The fourth-order valence-corrected chi connectivity index (χ4v) is 3.61. The highest BCUT2D eigenvalue weighted by Crippen LogP contribution is 2.41. The van der Waals surface area contributed by atoms with Crippen molar-refractivity contribution in [2.75, 3.05) is 0 Å². The van der Waals surface area contributed by atoms with E-state index in [1.165, 1.54) is 10.9 Å². The van der Waals surface area contributed by atoms with E-state index >= 15 is 0 Å². The second-order valence-corrected chi connectivity index (χ2v) is 7.98. The molecule has 3 aromatic rings. The van der Waals surface area contributed by atoms with Gasteiger partial charge in [0.05, 0.1) is 30.0 Å². The Hall–Kier alpha value is -3.37. The minimum Gasteiger partial charge on any atom is -0.349 e.